The van der Waals surface area contributed by atoms with Crippen LogP contribution < -0.4 is 9.47 Å². The molecule has 1 aliphatic carbocycles. The summed E-state index contributed by atoms with van der Waals surface area (Å²) in [6, 6.07) is 9.64. The first-order valence-electron chi connectivity index (χ1n) is 15.5. The SMILES string of the molecule is CCCCCCCCCCOc1ccc(-c2ccc(OC(=O)C3CCC(CCCCC)CC3)cc2)c(F)c1F. The molecule has 2 aromatic carbocycles. The molecule has 2 aromatic rings. The van der Waals surface area contributed by atoms with Crippen LogP contribution in [0.1, 0.15) is 117 Å². The van der Waals surface area contributed by atoms with Gasteiger partial charge in [0.25, 0.3) is 0 Å². The second kappa shape index (κ2) is 17.3. The monoisotopic (exact) mass is 542 g/mol. The summed E-state index contributed by atoms with van der Waals surface area (Å²) in [4.78, 5) is 12.7. The van der Waals surface area contributed by atoms with E-state index in [1.54, 1.807) is 30.3 Å². The maximum absolute atomic E-state index is 14.9. The first-order chi connectivity index (χ1) is 19.0. The highest BCUT2D eigenvalue weighted by atomic mass is 19.2. The molecule has 5 heteroatoms. The van der Waals surface area contributed by atoms with Crippen molar-refractivity contribution in [2.75, 3.05) is 6.61 Å². The van der Waals surface area contributed by atoms with Gasteiger partial charge in [0.2, 0.25) is 5.82 Å². The van der Waals surface area contributed by atoms with Crippen molar-refractivity contribution in [3.05, 3.63) is 48.0 Å². The van der Waals surface area contributed by atoms with Crippen LogP contribution in [-0.2, 0) is 4.79 Å². The van der Waals surface area contributed by atoms with E-state index in [9.17, 15) is 13.6 Å². The quantitative estimate of drug-likeness (QED) is 0.113. The number of benzene rings is 2. The van der Waals surface area contributed by atoms with Gasteiger partial charge in [-0.1, -0.05) is 96.6 Å². The smallest absolute Gasteiger partial charge is 0.314 e. The summed E-state index contributed by atoms with van der Waals surface area (Å²) in [5.74, 6) is -1.03. The lowest BCUT2D eigenvalue weighted by Gasteiger charge is -2.27. The summed E-state index contributed by atoms with van der Waals surface area (Å²) in [7, 11) is 0. The van der Waals surface area contributed by atoms with Gasteiger partial charge in [-0.15, -0.1) is 0 Å². The highest BCUT2D eigenvalue weighted by Crippen LogP contribution is 2.34. The molecule has 0 bridgehead atoms. The van der Waals surface area contributed by atoms with Crippen LogP contribution in [0.15, 0.2) is 36.4 Å². The van der Waals surface area contributed by atoms with E-state index in [-0.39, 0.29) is 23.2 Å². The number of unbranched alkanes of at least 4 members (excludes halogenated alkanes) is 9. The summed E-state index contributed by atoms with van der Waals surface area (Å²) >= 11 is 0. The van der Waals surface area contributed by atoms with Crippen molar-refractivity contribution in [1.82, 2.24) is 0 Å². The minimum atomic E-state index is -0.965. The molecule has 0 radical (unpaired) electrons. The predicted octanol–water partition coefficient (Wildman–Crippen LogP) is 10.4. The molecule has 1 aliphatic rings. The second-order valence-corrected chi connectivity index (χ2v) is 11.2. The molecule has 0 aliphatic heterocycles. The van der Waals surface area contributed by atoms with Gasteiger partial charge in [-0.3, -0.25) is 4.79 Å². The van der Waals surface area contributed by atoms with Crippen LogP contribution in [-0.4, -0.2) is 12.6 Å². The van der Waals surface area contributed by atoms with Crippen LogP contribution in [0.25, 0.3) is 11.1 Å². The lowest BCUT2D eigenvalue weighted by molar-refractivity contribution is -0.140. The number of halogens is 2. The van der Waals surface area contributed by atoms with E-state index in [4.69, 9.17) is 9.47 Å². The highest BCUT2D eigenvalue weighted by molar-refractivity contribution is 5.75. The van der Waals surface area contributed by atoms with E-state index in [0.29, 0.717) is 17.9 Å². The first-order valence-corrected chi connectivity index (χ1v) is 15.5. The van der Waals surface area contributed by atoms with Crippen LogP contribution in [0.2, 0.25) is 0 Å². The molecular weight excluding hydrogens is 494 g/mol. The largest absolute Gasteiger partial charge is 0.490 e. The van der Waals surface area contributed by atoms with Gasteiger partial charge in [-0.05, 0) is 67.9 Å². The topological polar surface area (TPSA) is 35.5 Å². The third-order valence-corrected chi connectivity index (χ3v) is 8.08. The molecule has 0 N–H and O–H groups in total. The van der Waals surface area contributed by atoms with Crippen LogP contribution in [0.3, 0.4) is 0 Å². The van der Waals surface area contributed by atoms with E-state index in [1.165, 1.54) is 63.9 Å². The number of carbonyl (C=O) groups is 1. The van der Waals surface area contributed by atoms with Crippen molar-refractivity contribution < 1.29 is 23.0 Å². The Kier molecular flexibility index (Phi) is 13.8. The summed E-state index contributed by atoms with van der Waals surface area (Å²) in [6.07, 6.45) is 18.3. The number of hydrogen-bond donors (Lipinski definition) is 0. The van der Waals surface area contributed by atoms with Gasteiger partial charge in [-0.25, -0.2) is 4.39 Å². The fourth-order valence-corrected chi connectivity index (χ4v) is 5.56. The summed E-state index contributed by atoms with van der Waals surface area (Å²) in [5, 5.41) is 0. The number of carbonyl (C=O) groups excluding carboxylic acids is 1. The predicted molar refractivity (Wildman–Crippen MR) is 155 cm³/mol. The second-order valence-electron chi connectivity index (χ2n) is 11.2. The molecule has 3 rings (SSSR count). The summed E-state index contributed by atoms with van der Waals surface area (Å²) < 4.78 is 40.7. The Morgan fingerprint density at radius 3 is 2.03 bits per heavy atom. The maximum Gasteiger partial charge on any atom is 0.314 e. The zero-order valence-corrected chi connectivity index (χ0v) is 24.1. The average molecular weight is 543 g/mol. The van der Waals surface area contributed by atoms with Gasteiger partial charge in [0.1, 0.15) is 5.75 Å². The zero-order chi connectivity index (χ0) is 27.9. The molecule has 0 aromatic heterocycles. The van der Waals surface area contributed by atoms with E-state index >= 15 is 0 Å². The first kappa shape index (κ1) is 31.1. The van der Waals surface area contributed by atoms with Crippen LogP contribution in [0.5, 0.6) is 11.5 Å². The fraction of sp³-hybridized carbons (Fsp3) is 0.618. The van der Waals surface area contributed by atoms with Gasteiger partial charge >= 0.3 is 5.97 Å². The lowest BCUT2D eigenvalue weighted by Crippen LogP contribution is -2.25. The van der Waals surface area contributed by atoms with E-state index in [0.717, 1.165) is 50.9 Å². The normalized spacial score (nSPS) is 17.2. The van der Waals surface area contributed by atoms with Gasteiger partial charge in [0.05, 0.1) is 12.5 Å². The van der Waals surface area contributed by atoms with Crippen molar-refractivity contribution in [3.63, 3.8) is 0 Å². The van der Waals surface area contributed by atoms with Gasteiger partial charge in [0, 0.05) is 5.56 Å². The van der Waals surface area contributed by atoms with Crippen molar-refractivity contribution in [3.8, 4) is 22.6 Å². The summed E-state index contributed by atoms with van der Waals surface area (Å²) in [6.45, 7) is 4.81. The maximum atomic E-state index is 14.9. The van der Waals surface area contributed by atoms with Gasteiger partial charge < -0.3 is 9.47 Å². The minimum Gasteiger partial charge on any atom is -0.490 e. The molecule has 0 unspecified atom stereocenters. The van der Waals surface area contributed by atoms with E-state index in [1.807, 2.05) is 0 Å². The molecule has 216 valence electrons. The van der Waals surface area contributed by atoms with Crippen LogP contribution >= 0.6 is 0 Å². The number of esters is 1. The standard InChI is InChI=1S/C34H48F2O3/c1-3-5-7-8-9-10-11-13-25-38-31-24-23-30(32(35)33(31)36)27-19-21-29(22-20-27)39-34(37)28-17-15-26(16-18-28)14-12-6-4-2/h19-24,26,28H,3-18,25H2,1-2H3. The third-order valence-electron chi connectivity index (χ3n) is 8.08. The molecule has 39 heavy (non-hydrogen) atoms. The number of rotatable bonds is 17. The fourth-order valence-electron chi connectivity index (χ4n) is 5.56. The Hall–Kier alpha value is -2.43. The van der Waals surface area contributed by atoms with Crippen molar-refractivity contribution in [2.24, 2.45) is 11.8 Å². The Balaban J connectivity index is 1.44. The molecule has 1 fully saturated rings. The lowest BCUT2D eigenvalue weighted by atomic mass is 9.80. The van der Waals surface area contributed by atoms with Crippen LogP contribution in [0.4, 0.5) is 8.78 Å². The summed E-state index contributed by atoms with van der Waals surface area (Å²) in [5.41, 5.74) is 0.680. The van der Waals surface area contributed by atoms with E-state index < -0.39 is 11.6 Å². The Morgan fingerprint density at radius 1 is 0.744 bits per heavy atom. The molecule has 1 saturated carbocycles. The van der Waals surface area contributed by atoms with Gasteiger partial charge in [-0.2, -0.15) is 4.39 Å². The molecular formula is C34H48F2O3. The molecule has 0 saturated heterocycles. The minimum absolute atomic E-state index is 0.0511. The molecule has 0 amide bonds. The van der Waals surface area contributed by atoms with Crippen molar-refractivity contribution >= 4 is 5.97 Å². The molecule has 0 atom stereocenters. The van der Waals surface area contributed by atoms with Gasteiger partial charge in [0.15, 0.2) is 11.6 Å². The zero-order valence-electron chi connectivity index (χ0n) is 24.1. The molecule has 3 nitrogen and oxygen atoms in total. The molecule has 0 heterocycles. The third kappa shape index (κ3) is 10.2. The number of ether oxygens (including phenoxy) is 2. The molecule has 0 spiro atoms. The Bertz CT molecular complexity index is 981. The van der Waals surface area contributed by atoms with Crippen molar-refractivity contribution in [2.45, 2.75) is 117 Å². The average Bonchev–Trinajstić information content (AvgIpc) is 2.95. The Labute approximate surface area is 234 Å². The number of hydrogen-bond acceptors (Lipinski definition) is 3. The highest BCUT2D eigenvalue weighted by Gasteiger charge is 2.27. The Morgan fingerprint density at radius 2 is 1.36 bits per heavy atom. The van der Waals surface area contributed by atoms with Crippen molar-refractivity contribution in [1.29, 1.82) is 0 Å². The van der Waals surface area contributed by atoms with Crippen LogP contribution in [0, 0.1) is 23.5 Å². The van der Waals surface area contributed by atoms with E-state index in [2.05, 4.69) is 13.8 Å².